The first kappa shape index (κ1) is 18.4. The smallest absolute Gasteiger partial charge is 0.257 e. The van der Waals surface area contributed by atoms with Crippen LogP contribution in [0, 0.1) is 0 Å². The van der Waals surface area contributed by atoms with Crippen molar-refractivity contribution >= 4 is 35.1 Å². The van der Waals surface area contributed by atoms with Crippen LogP contribution in [0.4, 0.5) is 0 Å². The highest BCUT2D eigenvalue weighted by Crippen LogP contribution is 2.23. The Kier molecular flexibility index (Phi) is 7.15. The summed E-state index contributed by atoms with van der Waals surface area (Å²) in [4.78, 5) is 24.5. The molecule has 24 heavy (non-hydrogen) atoms. The van der Waals surface area contributed by atoms with Gasteiger partial charge in [0.25, 0.3) is 5.91 Å². The number of halogens is 1. The van der Waals surface area contributed by atoms with Crippen molar-refractivity contribution in [2.75, 3.05) is 18.9 Å². The van der Waals surface area contributed by atoms with Crippen LogP contribution in [0.2, 0.25) is 5.02 Å². The van der Waals surface area contributed by atoms with Crippen molar-refractivity contribution in [1.82, 2.24) is 5.32 Å². The van der Waals surface area contributed by atoms with Crippen LogP contribution in [-0.4, -0.2) is 30.6 Å². The van der Waals surface area contributed by atoms with Gasteiger partial charge in [-0.15, -0.1) is 11.8 Å². The van der Waals surface area contributed by atoms with Crippen LogP contribution in [0.3, 0.4) is 0 Å². The van der Waals surface area contributed by atoms with Gasteiger partial charge in [-0.1, -0.05) is 29.8 Å². The molecule has 1 N–H and O–H groups in total. The summed E-state index contributed by atoms with van der Waals surface area (Å²) in [5.41, 5.74) is 0.370. The van der Waals surface area contributed by atoms with Crippen LogP contribution in [0.1, 0.15) is 17.3 Å². The number of carbonyl (C=O) groups excluding carboxylic acids is 2. The summed E-state index contributed by atoms with van der Waals surface area (Å²) >= 11 is 7.54. The summed E-state index contributed by atoms with van der Waals surface area (Å²) in [5, 5.41) is 3.24. The number of nitrogens with one attached hydrogen (secondary N) is 1. The van der Waals surface area contributed by atoms with E-state index in [0.717, 1.165) is 10.6 Å². The Morgan fingerprint density at radius 3 is 2.62 bits per heavy atom. The van der Waals surface area contributed by atoms with Gasteiger partial charge in [0.2, 0.25) is 0 Å². The summed E-state index contributed by atoms with van der Waals surface area (Å²) in [5.74, 6) is 0.746. The van der Waals surface area contributed by atoms with E-state index in [4.69, 9.17) is 16.3 Å². The van der Waals surface area contributed by atoms with E-state index in [2.05, 4.69) is 5.32 Å². The van der Waals surface area contributed by atoms with Gasteiger partial charge >= 0.3 is 0 Å². The number of carbonyl (C=O) groups is 2. The molecule has 0 bridgehead atoms. The minimum Gasteiger partial charge on any atom is -0.483 e. The zero-order valence-electron chi connectivity index (χ0n) is 13.3. The number of amides is 1. The molecule has 126 valence electrons. The Bertz CT molecular complexity index is 707. The second kappa shape index (κ2) is 9.35. The van der Waals surface area contributed by atoms with Gasteiger partial charge in [-0.3, -0.25) is 9.59 Å². The fraction of sp³-hybridized carbons (Fsp3) is 0.222. The Morgan fingerprint density at radius 1 is 1.17 bits per heavy atom. The molecule has 2 aromatic rings. The molecular weight excluding hydrogens is 346 g/mol. The number of hydrogen-bond acceptors (Lipinski definition) is 4. The standard InChI is InChI=1S/C18H18ClNO3S/c1-13(21)16-11-14(19)7-8-17(16)23-12-18(22)20-9-10-24-15-5-3-2-4-6-15/h2-8,11H,9-10,12H2,1H3,(H,20,22). The van der Waals surface area contributed by atoms with E-state index < -0.39 is 0 Å². The zero-order chi connectivity index (χ0) is 17.4. The Morgan fingerprint density at radius 2 is 1.92 bits per heavy atom. The molecule has 0 atom stereocenters. The van der Waals surface area contributed by atoms with E-state index in [9.17, 15) is 9.59 Å². The fourth-order valence-corrected chi connectivity index (χ4v) is 2.94. The van der Waals surface area contributed by atoms with E-state index >= 15 is 0 Å². The van der Waals surface area contributed by atoms with Crippen LogP contribution in [0.25, 0.3) is 0 Å². The van der Waals surface area contributed by atoms with Gasteiger partial charge in [-0.25, -0.2) is 0 Å². The van der Waals surface area contributed by atoms with Crippen LogP contribution >= 0.6 is 23.4 Å². The number of thioether (sulfide) groups is 1. The molecule has 0 radical (unpaired) electrons. The number of hydrogen-bond donors (Lipinski definition) is 1. The van der Waals surface area contributed by atoms with Gasteiger partial charge in [-0.05, 0) is 37.3 Å². The molecule has 0 heterocycles. The van der Waals surface area contributed by atoms with Gasteiger partial charge in [-0.2, -0.15) is 0 Å². The second-order valence-electron chi connectivity index (χ2n) is 5.00. The number of ether oxygens (including phenoxy) is 1. The normalized spacial score (nSPS) is 10.2. The third-order valence-corrected chi connectivity index (χ3v) is 4.36. The Hall–Kier alpha value is -1.98. The van der Waals surface area contributed by atoms with E-state index in [-0.39, 0.29) is 18.3 Å². The van der Waals surface area contributed by atoms with Crippen molar-refractivity contribution in [1.29, 1.82) is 0 Å². The lowest BCUT2D eigenvalue weighted by atomic mass is 10.1. The molecular formula is C18H18ClNO3S. The largest absolute Gasteiger partial charge is 0.483 e. The lowest BCUT2D eigenvalue weighted by Crippen LogP contribution is -2.30. The lowest BCUT2D eigenvalue weighted by molar-refractivity contribution is -0.122. The lowest BCUT2D eigenvalue weighted by Gasteiger charge is -2.10. The van der Waals surface area contributed by atoms with Crippen molar-refractivity contribution in [3.63, 3.8) is 0 Å². The highest BCUT2D eigenvalue weighted by atomic mass is 35.5. The molecule has 0 aliphatic rings. The number of benzene rings is 2. The minimum absolute atomic E-state index is 0.141. The highest BCUT2D eigenvalue weighted by Gasteiger charge is 2.11. The van der Waals surface area contributed by atoms with Crippen LogP contribution in [0.5, 0.6) is 5.75 Å². The molecule has 0 unspecified atom stereocenters. The maximum absolute atomic E-state index is 11.8. The van der Waals surface area contributed by atoms with Crippen molar-refractivity contribution < 1.29 is 14.3 Å². The van der Waals surface area contributed by atoms with E-state index in [0.29, 0.717) is 22.9 Å². The third kappa shape index (κ3) is 5.91. The quantitative estimate of drug-likeness (QED) is 0.440. The van der Waals surface area contributed by atoms with Crippen LogP contribution in [0.15, 0.2) is 53.4 Å². The maximum atomic E-state index is 11.8. The van der Waals surface area contributed by atoms with Crippen molar-refractivity contribution in [2.45, 2.75) is 11.8 Å². The first-order valence-corrected chi connectivity index (χ1v) is 8.80. The summed E-state index contributed by atoms with van der Waals surface area (Å²) in [6.45, 7) is 1.83. The molecule has 1 amide bonds. The first-order chi connectivity index (χ1) is 11.6. The van der Waals surface area contributed by atoms with Gasteiger partial charge in [0.15, 0.2) is 12.4 Å². The van der Waals surface area contributed by atoms with Crippen LogP contribution in [-0.2, 0) is 4.79 Å². The summed E-state index contributed by atoms with van der Waals surface area (Å²) in [7, 11) is 0. The highest BCUT2D eigenvalue weighted by molar-refractivity contribution is 7.99. The van der Waals surface area contributed by atoms with Crippen molar-refractivity contribution in [3.05, 3.63) is 59.1 Å². The van der Waals surface area contributed by atoms with E-state index in [1.807, 2.05) is 30.3 Å². The number of Topliss-reactive ketones (excluding diaryl/α,β-unsaturated/α-hetero) is 1. The topological polar surface area (TPSA) is 55.4 Å². The SMILES string of the molecule is CC(=O)c1cc(Cl)ccc1OCC(=O)NCCSc1ccccc1. The third-order valence-electron chi connectivity index (χ3n) is 3.12. The summed E-state index contributed by atoms with van der Waals surface area (Å²) < 4.78 is 5.43. The molecule has 0 fully saturated rings. The molecule has 0 saturated carbocycles. The Labute approximate surface area is 150 Å². The van der Waals surface area contributed by atoms with Gasteiger partial charge in [0.1, 0.15) is 5.75 Å². The first-order valence-electron chi connectivity index (χ1n) is 7.44. The number of ketones is 1. The van der Waals surface area contributed by atoms with Gasteiger partial charge in [0, 0.05) is 22.2 Å². The van der Waals surface area contributed by atoms with Crippen molar-refractivity contribution in [2.24, 2.45) is 0 Å². The van der Waals surface area contributed by atoms with Crippen molar-refractivity contribution in [3.8, 4) is 5.75 Å². The van der Waals surface area contributed by atoms with E-state index in [1.165, 1.54) is 13.0 Å². The Balaban J connectivity index is 1.74. The molecule has 0 saturated heterocycles. The molecule has 4 nitrogen and oxygen atoms in total. The van der Waals surface area contributed by atoms with Gasteiger partial charge in [0.05, 0.1) is 5.56 Å². The predicted octanol–water partition coefficient (Wildman–Crippen LogP) is 3.83. The molecule has 0 aliphatic heterocycles. The predicted molar refractivity (Wildman–Crippen MR) is 97.1 cm³/mol. The average molecular weight is 364 g/mol. The average Bonchev–Trinajstić information content (AvgIpc) is 2.58. The molecule has 2 rings (SSSR count). The minimum atomic E-state index is -0.229. The maximum Gasteiger partial charge on any atom is 0.257 e. The van der Waals surface area contributed by atoms with E-state index in [1.54, 1.807) is 23.9 Å². The molecule has 2 aromatic carbocycles. The molecule has 6 heteroatoms. The van der Waals surface area contributed by atoms with Gasteiger partial charge < -0.3 is 10.1 Å². The monoisotopic (exact) mass is 363 g/mol. The van der Waals surface area contributed by atoms with Crippen LogP contribution < -0.4 is 10.1 Å². The molecule has 0 aromatic heterocycles. The summed E-state index contributed by atoms with van der Waals surface area (Å²) in [6, 6.07) is 14.7. The fourth-order valence-electron chi connectivity index (χ4n) is 1.97. The summed E-state index contributed by atoms with van der Waals surface area (Å²) in [6.07, 6.45) is 0. The molecule has 0 spiro atoms. The second-order valence-corrected chi connectivity index (χ2v) is 6.60. The number of rotatable bonds is 8. The zero-order valence-corrected chi connectivity index (χ0v) is 14.8. The molecule has 0 aliphatic carbocycles.